The van der Waals surface area contributed by atoms with Gasteiger partial charge in [0.1, 0.15) is 5.56 Å². The smallest absolute Gasteiger partial charge is 0.341 e. The highest BCUT2D eigenvalue weighted by molar-refractivity contribution is 5.93. The molecule has 2 rings (SSSR count). The maximum absolute atomic E-state index is 13.4. The summed E-state index contributed by atoms with van der Waals surface area (Å²) in [7, 11) is 1.34. The van der Waals surface area contributed by atoms with Crippen molar-refractivity contribution in [2.45, 2.75) is 0 Å². The van der Waals surface area contributed by atoms with Crippen LogP contribution in [0, 0.1) is 5.82 Å². The number of aromatic nitrogens is 1. The van der Waals surface area contributed by atoms with Crippen LogP contribution in [0.1, 0.15) is 10.4 Å². The minimum absolute atomic E-state index is 0.0130. The van der Waals surface area contributed by atoms with E-state index in [1.165, 1.54) is 19.2 Å². The normalized spacial score (nSPS) is 10.2. The van der Waals surface area contributed by atoms with Gasteiger partial charge in [-0.1, -0.05) is 5.16 Å². The van der Waals surface area contributed by atoms with Crippen molar-refractivity contribution in [3.8, 4) is 17.1 Å². The van der Waals surface area contributed by atoms with E-state index in [0.29, 0.717) is 5.56 Å². The summed E-state index contributed by atoms with van der Waals surface area (Å²) in [4.78, 5) is 10.8. The van der Waals surface area contributed by atoms with Gasteiger partial charge in [-0.3, -0.25) is 0 Å². The molecule has 0 saturated heterocycles. The fourth-order valence-corrected chi connectivity index (χ4v) is 1.41. The van der Waals surface area contributed by atoms with Crippen molar-refractivity contribution in [2.75, 3.05) is 7.11 Å². The molecule has 1 N–H and O–H groups in total. The Kier molecular flexibility index (Phi) is 2.78. The molecule has 17 heavy (non-hydrogen) atoms. The van der Waals surface area contributed by atoms with Crippen LogP contribution in [0.3, 0.4) is 0 Å². The average molecular weight is 237 g/mol. The summed E-state index contributed by atoms with van der Waals surface area (Å²) in [5.74, 6) is -1.69. The monoisotopic (exact) mass is 237 g/mol. The van der Waals surface area contributed by atoms with E-state index in [-0.39, 0.29) is 17.1 Å². The van der Waals surface area contributed by atoms with Crippen LogP contribution in [0.15, 0.2) is 28.9 Å². The summed E-state index contributed by atoms with van der Waals surface area (Å²) < 4.78 is 23.0. The van der Waals surface area contributed by atoms with Gasteiger partial charge in [0, 0.05) is 5.56 Å². The summed E-state index contributed by atoms with van der Waals surface area (Å²) in [6, 6.07) is 4.01. The molecule has 88 valence electrons. The van der Waals surface area contributed by atoms with Gasteiger partial charge in [0.05, 0.1) is 13.3 Å². The van der Waals surface area contributed by atoms with Gasteiger partial charge in [-0.2, -0.15) is 0 Å². The molecule has 0 saturated carbocycles. The molecule has 0 bridgehead atoms. The number of rotatable bonds is 3. The van der Waals surface area contributed by atoms with E-state index in [1.54, 1.807) is 0 Å². The summed E-state index contributed by atoms with van der Waals surface area (Å²) >= 11 is 0. The lowest BCUT2D eigenvalue weighted by molar-refractivity contribution is 0.0697. The number of carboxylic acids is 1. The lowest BCUT2D eigenvalue weighted by Gasteiger charge is -2.03. The molecule has 0 atom stereocenters. The molecule has 1 aromatic carbocycles. The minimum atomic E-state index is -1.18. The van der Waals surface area contributed by atoms with Crippen molar-refractivity contribution in [1.82, 2.24) is 5.16 Å². The van der Waals surface area contributed by atoms with Crippen molar-refractivity contribution >= 4 is 5.97 Å². The Bertz CT molecular complexity index is 564. The molecule has 0 aliphatic heterocycles. The Morgan fingerprint density at radius 2 is 2.29 bits per heavy atom. The van der Waals surface area contributed by atoms with E-state index < -0.39 is 11.8 Å². The Labute approximate surface area is 95.4 Å². The van der Waals surface area contributed by atoms with Crippen LogP contribution in [-0.2, 0) is 0 Å². The molecular formula is C11H8FNO4. The lowest BCUT2D eigenvalue weighted by atomic mass is 10.1. The predicted octanol–water partition coefficient (Wildman–Crippen LogP) is 2.19. The second kappa shape index (κ2) is 4.25. The summed E-state index contributed by atoms with van der Waals surface area (Å²) in [6.07, 6.45) is 1.07. The average Bonchev–Trinajstić information content (AvgIpc) is 2.77. The van der Waals surface area contributed by atoms with Gasteiger partial charge in [0.15, 0.2) is 17.3 Å². The maximum Gasteiger partial charge on any atom is 0.341 e. The number of carbonyl (C=O) groups is 1. The third-order valence-electron chi connectivity index (χ3n) is 2.21. The van der Waals surface area contributed by atoms with Crippen molar-refractivity contribution in [1.29, 1.82) is 0 Å². The standard InChI is InChI=1S/C11H8FNO4/c1-16-9-3-2-6(4-8(9)12)10-7(11(14)15)5-13-17-10/h2-5H,1H3,(H,14,15). The van der Waals surface area contributed by atoms with Crippen molar-refractivity contribution < 1.29 is 23.6 Å². The van der Waals surface area contributed by atoms with Crippen molar-refractivity contribution in [3.63, 3.8) is 0 Å². The Balaban J connectivity index is 2.50. The van der Waals surface area contributed by atoms with Crippen LogP contribution in [0.2, 0.25) is 0 Å². The zero-order valence-corrected chi connectivity index (χ0v) is 8.81. The number of benzene rings is 1. The van der Waals surface area contributed by atoms with E-state index >= 15 is 0 Å². The predicted molar refractivity (Wildman–Crippen MR) is 55.4 cm³/mol. The zero-order valence-electron chi connectivity index (χ0n) is 8.81. The van der Waals surface area contributed by atoms with E-state index in [4.69, 9.17) is 14.4 Å². The largest absolute Gasteiger partial charge is 0.494 e. The molecular weight excluding hydrogens is 229 g/mol. The van der Waals surface area contributed by atoms with Gasteiger partial charge in [0.2, 0.25) is 0 Å². The number of aromatic carboxylic acids is 1. The molecule has 6 heteroatoms. The first-order valence-corrected chi connectivity index (χ1v) is 4.65. The minimum Gasteiger partial charge on any atom is -0.494 e. The van der Waals surface area contributed by atoms with Gasteiger partial charge in [-0.25, -0.2) is 9.18 Å². The first-order chi connectivity index (χ1) is 8.13. The molecule has 0 fully saturated rings. The summed E-state index contributed by atoms with van der Waals surface area (Å²) in [6.45, 7) is 0. The van der Waals surface area contributed by atoms with Gasteiger partial charge in [-0.05, 0) is 18.2 Å². The maximum atomic E-state index is 13.4. The van der Waals surface area contributed by atoms with Crippen LogP contribution >= 0.6 is 0 Å². The second-order valence-corrected chi connectivity index (χ2v) is 3.22. The molecule has 1 aromatic heterocycles. The Hall–Kier alpha value is -2.37. The van der Waals surface area contributed by atoms with Gasteiger partial charge < -0.3 is 14.4 Å². The van der Waals surface area contributed by atoms with Crippen LogP contribution in [0.25, 0.3) is 11.3 Å². The van der Waals surface area contributed by atoms with Crippen LogP contribution in [0.5, 0.6) is 5.75 Å². The highest BCUT2D eigenvalue weighted by atomic mass is 19.1. The molecule has 0 aliphatic carbocycles. The van der Waals surface area contributed by atoms with Crippen molar-refractivity contribution in [2.24, 2.45) is 0 Å². The van der Waals surface area contributed by atoms with Crippen LogP contribution < -0.4 is 4.74 Å². The summed E-state index contributed by atoms with van der Waals surface area (Å²) in [5.41, 5.74) is 0.174. The fraction of sp³-hybridized carbons (Fsp3) is 0.0909. The first kappa shape index (κ1) is 11.1. The van der Waals surface area contributed by atoms with Gasteiger partial charge in [-0.15, -0.1) is 0 Å². The van der Waals surface area contributed by atoms with Crippen molar-refractivity contribution in [3.05, 3.63) is 35.8 Å². The molecule has 2 aromatic rings. The van der Waals surface area contributed by atoms with E-state index in [2.05, 4.69) is 5.16 Å². The zero-order chi connectivity index (χ0) is 12.4. The van der Waals surface area contributed by atoms with E-state index in [1.807, 2.05) is 0 Å². The topological polar surface area (TPSA) is 72.6 Å². The Morgan fingerprint density at radius 3 is 2.88 bits per heavy atom. The number of hydrogen-bond acceptors (Lipinski definition) is 4. The molecule has 5 nitrogen and oxygen atoms in total. The van der Waals surface area contributed by atoms with Crippen LogP contribution in [-0.4, -0.2) is 23.3 Å². The Morgan fingerprint density at radius 1 is 1.53 bits per heavy atom. The second-order valence-electron chi connectivity index (χ2n) is 3.22. The number of halogens is 1. The highest BCUT2D eigenvalue weighted by Gasteiger charge is 2.18. The third kappa shape index (κ3) is 1.96. The van der Waals surface area contributed by atoms with Gasteiger partial charge in [0.25, 0.3) is 0 Å². The molecule has 0 unspecified atom stereocenters. The molecule has 0 amide bonds. The SMILES string of the molecule is COc1ccc(-c2oncc2C(=O)O)cc1F. The number of ether oxygens (including phenoxy) is 1. The quantitative estimate of drug-likeness (QED) is 0.885. The number of hydrogen-bond donors (Lipinski definition) is 1. The van der Waals surface area contributed by atoms with E-state index in [0.717, 1.165) is 12.3 Å². The molecule has 0 spiro atoms. The number of methoxy groups -OCH3 is 1. The van der Waals surface area contributed by atoms with E-state index in [9.17, 15) is 9.18 Å². The molecule has 0 radical (unpaired) electrons. The molecule has 0 aliphatic rings. The molecule has 1 heterocycles. The number of carboxylic acid groups (broad SMARTS) is 1. The summed E-state index contributed by atoms with van der Waals surface area (Å²) in [5, 5.41) is 12.2. The third-order valence-corrected chi connectivity index (χ3v) is 2.21. The highest BCUT2D eigenvalue weighted by Crippen LogP contribution is 2.27. The van der Waals surface area contributed by atoms with Gasteiger partial charge >= 0.3 is 5.97 Å². The number of nitrogens with zero attached hydrogens (tertiary/aromatic N) is 1. The lowest BCUT2D eigenvalue weighted by Crippen LogP contribution is -1.96. The fourth-order valence-electron chi connectivity index (χ4n) is 1.41. The first-order valence-electron chi connectivity index (χ1n) is 4.65. The van der Waals surface area contributed by atoms with Crippen LogP contribution in [0.4, 0.5) is 4.39 Å².